The Hall–Kier alpha value is -1.56. The van der Waals surface area contributed by atoms with Crippen molar-refractivity contribution in [3.05, 3.63) is 11.8 Å². The Labute approximate surface area is 133 Å². The fraction of sp³-hybridized carbons (Fsp3) is 0.750. The van der Waals surface area contributed by atoms with E-state index >= 15 is 0 Å². The molecule has 0 aliphatic heterocycles. The zero-order valence-corrected chi connectivity index (χ0v) is 14.8. The lowest BCUT2D eigenvalue weighted by atomic mass is 9.92. The highest BCUT2D eigenvalue weighted by molar-refractivity contribution is 5.88. The summed E-state index contributed by atoms with van der Waals surface area (Å²) in [6.07, 6.45) is 0.527. The third kappa shape index (κ3) is 5.02. The third-order valence-corrected chi connectivity index (χ3v) is 3.29. The molecule has 1 aromatic rings. The fourth-order valence-corrected chi connectivity index (χ4v) is 1.99. The summed E-state index contributed by atoms with van der Waals surface area (Å²) < 4.78 is 1.84. The summed E-state index contributed by atoms with van der Waals surface area (Å²) in [7, 11) is 0. The Balaban J connectivity index is 2.98. The van der Waals surface area contributed by atoms with Crippen LogP contribution in [0.4, 0.5) is 10.6 Å². The van der Waals surface area contributed by atoms with Crippen molar-refractivity contribution in [1.82, 2.24) is 15.1 Å². The van der Waals surface area contributed by atoms with Crippen molar-refractivity contribution >= 4 is 11.8 Å². The maximum absolute atomic E-state index is 12.1. The fourth-order valence-electron chi connectivity index (χ4n) is 1.99. The quantitative estimate of drug-likeness (QED) is 0.800. The van der Waals surface area contributed by atoms with Crippen molar-refractivity contribution in [1.29, 1.82) is 0 Å². The zero-order chi connectivity index (χ0) is 17.1. The van der Waals surface area contributed by atoms with E-state index in [2.05, 4.69) is 36.5 Å². The summed E-state index contributed by atoms with van der Waals surface area (Å²) in [5.74, 6) is 0.672. The van der Waals surface area contributed by atoms with Crippen molar-refractivity contribution in [2.24, 2.45) is 0 Å². The average Bonchev–Trinajstić information content (AvgIpc) is 2.72. The number of nitrogens with zero attached hydrogens (tertiary/aromatic N) is 2. The number of amides is 2. The molecule has 0 saturated carbocycles. The van der Waals surface area contributed by atoms with E-state index < -0.39 is 0 Å². The molecule has 126 valence electrons. The first-order valence-electron chi connectivity index (χ1n) is 7.74. The Morgan fingerprint density at radius 1 is 1.32 bits per heavy atom. The zero-order valence-electron chi connectivity index (χ0n) is 14.8. The molecule has 0 aliphatic carbocycles. The van der Waals surface area contributed by atoms with Crippen molar-refractivity contribution in [3.8, 4) is 0 Å². The first kappa shape index (κ1) is 18.5. The number of carbonyl (C=O) groups excluding carboxylic acids is 1. The Morgan fingerprint density at radius 3 is 2.36 bits per heavy atom. The summed E-state index contributed by atoms with van der Waals surface area (Å²) in [4.78, 5) is 12.1. The largest absolute Gasteiger partial charge is 0.396 e. The predicted molar refractivity (Wildman–Crippen MR) is 89.2 cm³/mol. The number of aromatic nitrogens is 2. The van der Waals surface area contributed by atoms with Gasteiger partial charge in [0, 0.05) is 24.1 Å². The second-order valence-electron chi connectivity index (χ2n) is 7.76. The number of anilines is 1. The van der Waals surface area contributed by atoms with Gasteiger partial charge in [-0.1, -0.05) is 20.8 Å². The number of carbonyl (C=O) groups is 1. The van der Waals surface area contributed by atoms with Crippen LogP contribution in [-0.4, -0.2) is 33.6 Å². The van der Waals surface area contributed by atoms with Crippen LogP contribution in [0.5, 0.6) is 0 Å². The summed E-state index contributed by atoms with van der Waals surface area (Å²) in [6, 6.07) is 1.55. The van der Waals surface area contributed by atoms with Gasteiger partial charge in [0.25, 0.3) is 0 Å². The van der Waals surface area contributed by atoms with Crippen molar-refractivity contribution in [2.75, 3.05) is 11.9 Å². The topological polar surface area (TPSA) is 79.2 Å². The standard InChI is InChI=1S/C16H30N4O2/c1-11(8-9-21)17-14(22)18-13-10-12(15(2,3)4)19-20(13)16(5,6)7/h10-11,21H,8-9H2,1-7H3,(H2,17,18,22)/t11-/m1/s1. The highest BCUT2D eigenvalue weighted by Gasteiger charge is 2.25. The molecule has 2 amide bonds. The van der Waals surface area contributed by atoms with Crippen LogP contribution in [0.3, 0.4) is 0 Å². The number of aliphatic hydroxyl groups is 1. The van der Waals surface area contributed by atoms with E-state index in [9.17, 15) is 4.79 Å². The maximum atomic E-state index is 12.1. The van der Waals surface area contributed by atoms with E-state index in [0.29, 0.717) is 12.2 Å². The monoisotopic (exact) mass is 310 g/mol. The second-order valence-corrected chi connectivity index (χ2v) is 7.76. The SMILES string of the molecule is C[C@H](CCO)NC(=O)Nc1cc(C(C)(C)C)nn1C(C)(C)C. The van der Waals surface area contributed by atoms with E-state index in [1.165, 1.54) is 0 Å². The van der Waals surface area contributed by atoms with Crippen LogP contribution in [-0.2, 0) is 11.0 Å². The molecule has 1 rings (SSSR count). The highest BCUT2D eigenvalue weighted by atomic mass is 16.3. The van der Waals surface area contributed by atoms with Crippen LogP contribution >= 0.6 is 0 Å². The minimum Gasteiger partial charge on any atom is -0.396 e. The van der Waals surface area contributed by atoms with Gasteiger partial charge in [-0.05, 0) is 34.1 Å². The molecule has 0 saturated heterocycles. The third-order valence-electron chi connectivity index (χ3n) is 3.29. The summed E-state index contributed by atoms with van der Waals surface area (Å²) in [5.41, 5.74) is 0.609. The van der Waals surface area contributed by atoms with Gasteiger partial charge in [-0.15, -0.1) is 0 Å². The first-order valence-corrected chi connectivity index (χ1v) is 7.74. The smallest absolute Gasteiger partial charge is 0.320 e. The van der Waals surface area contributed by atoms with Gasteiger partial charge in [0.05, 0.1) is 11.2 Å². The van der Waals surface area contributed by atoms with E-state index in [1.807, 2.05) is 38.4 Å². The Kier molecular flexibility index (Phi) is 5.62. The molecule has 22 heavy (non-hydrogen) atoms. The van der Waals surface area contributed by atoms with Gasteiger partial charge in [-0.2, -0.15) is 5.10 Å². The van der Waals surface area contributed by atoms with E-state index in [-0.39, 0.29) is 29.6 Å². The molecule has 6 heteroatoms. The van der Waals surface area contributed by atoms with E-state index in [1.54, 1.807) is 0 Å². The second kappa shape index (κ2) is 6.69. The first-order chi connectivity index (χ1) is 9.95. The molecule has 6 nitrogen and oxygen atoms in total. The lowest BCUT2D eigenvalue weighted by molar-refractivity contribution is 0.240. The molecule has 0 aliphatic rings. The van der Waals surface area contributed by atoms with Crippen LogP contribution < -0.4 is 10.6 Å². The predicted octanol–water partition coefficient (Wildman–Crippen LogP) is 2.83. The summed E-state index contributed by atoms with van der Waals surface area (Å²) in [6.45, 7) is 14.3. The van der Waals surface area contributed by atoms with Crippen molar-refractivity contribution < 1.29 is 9.90 Å². The molecule has 1 aromatic heterocycles. The molecular weight excluding hydrogens is 280 g/mol. The van der Waals surface area contributed by atoms with Gasteiger partial charge in [0.15, 0.2) is 0 Å². The minimum atomic E-state index is -0.285. The van der Waals surface area contributed by atoms with Gasteiger partial charge < -0.3 is 10.4 Å². The maximum Gasteiger partial charge on any atom is 0.320 e. The molecule has 0 radical (unpaired) electrons. The van der Waals surface area contributed by atoms with Crippen molar-refractivity contribution in [2.45, 2.75) is 71.9 Å². The van der Waals surface area contributed by atoms with E-state index in [0.717, 1.165) is 5.69 Å². The minimum absolute atomic E-state index is 0.0511. The molecule has 0 fully saturated rings. The molecule has 0 unspecified atom stereocenters. The number of hydrogen-bond acceptors (Lipinski definition) is 3. The Bertz CT molecular complexity index is 509. The van der Waals surface area contributed by atoms with Crippen LogP contribution in [0.1, 0.15) is 60.6 Å². The number of rotatable bonds is 4. The molecule has 0 aromatic carbocycles. The van der Waals surface area contributed by atoms with Gasteiger partial charge in [0.1, 0.15) is 5.82 Å². The lowest BCUT2D eigenvalue weighted by Crippen LogP contribution is -2.38. The number of urea groups is 1. The Morgan fingerprint density at radius 2 is 1.91 bits per heavy atom. The number of aliphatic hydroxyl groups excluding tert-OH is 1. The number of hydrogen-bond donors (Lipinski definition) is 3. The van der Waals surface area contributed by atoms with Gasteiger partial charge in [0.2, 0.25) is 0 Å². The number of nitrogens with one attached hydrogen (secondary N) is 2. The van der Waals surface area contributed by atoms with Gasteiger partial charge >= 0.3 is 6.03 Å². The summed E-state index contributed by atoms with van der Waals surface area (Å²) in [5, 5.41) is 19.2. The van der Waals surface area contributed by atoms with Crippen molar-refractivity contribution in [3.63, 3.8) is 0 Å². The van der Waals surface area contributed by atoms with Crippen LogP contribution in [0.25, 0.3) is 0 Å². The summed E-state index contributed by atoms with van der Waals surface area (Å²) >= 11 is 0. The lowest BCUT2D eigenvalue weighted by Gasteiger charge is -2.23. The highest BCUT2D eigenvalue weighted by Crippen LogP contribution is 2.28. The normalized spacial score (nSPS) is 13.8. The van der Waals surface area contributed by atoms with Crippen LogP contribution in [0.2, 0.25) is 0 Å². The van der Waals surface area contributed by atoms with Crippen LogP contribution in [0.15, 0.2) is 6.07 Å². The van der Waals surface area contributed by atoms with Gasteiger partial charge in [-0.25, -0.2) is 9.48 Å². The molecule has 0 spiro atoms. The molecule has 1 heterocycles. The molecule has 1 atom stereocenters. The van der Waals surface area contributed by atoms with Gasteiger partial charge in [-0.3, -0.25) is 5.32 Å². The van der Waals surface area contributed by atoms with E-state index in [4.69, 9.17) is 5.11 Å². The van der Waals surface area contributed by atoms with Crippen LogP contribution in [0, 0.1) is 0 Å². The molecular formula is C16H30N4O2. The molecule has 0 bridgehead atoms. The average molecular weight is 310 g/mol. The molecule has 3 N–H and O–H groups in total.